The lowest BCUT2D eigenvalue weighted by molar-refractivity contribution is -0.376. The van der Waals surface area contributed by atoms with Gasteiger partial charge >= 0.3 is 5.97 Å². The number of hydrogen-bond acceptors (Lipinski definition) is 10. The van der Waals surface area contributed by atoms with Crippen molar-refractivity contribution in [1.29, 1.82) is 0 Å². The SMILES string of the molecule is CC[C@H]1OC(=O)[C@H](C)[C@H]2OC(C)(C)O[C@H]([C@H]2C)[C@](C)(OCOC)C[C@@H](C)C2OC(C)(C)O[C@H]([C@H]2C)[C@]1(C)OCOC. The average molecular weight is 589 g/mol. The minimum Gasteiger partial charge on any atom is -0.459 e. The van der Waals surface area contributed by atoms with Crippen LogP contribution in [0.5, 0.6) is 0 Å². The van der Waals surface area contributed by atoms with Crippen molar-refractivity contribution >= 4 is 5.97 Å². The Balaban J connectivity index is 2.20. The lowest BCUT2D eigenvalue weighted by atomic mass is 9.72. The molecule has 0 aromatic carbocycles. The van der Waals surface area contributed by atoms with Crippen LogP contribution in [-0.2, 0) is 47.4 Å². The number of rotatable bonds is 7. The molecule has 1 unspecified atom stereocenters. The quantitative estimate of drug-likeness (QED) is 0.297. The van der Waals surface area contributed by atoms with Gasteiger partial charge in [-0.25, -0.2) is 0 Å². The van der Waals surface area contributed by atoms with Gasteiger partial charge in [0.2, 0.25) is 0 Å². The molecule has 10 heteroatoms. The largest absolute Gasteiger partial charge is 0.459 e. The summed E-state index contributed by atoms with van der Waals surface area (Å²) in [6.45, 7) is 21.9. The fourth-order valence-electron chi connectivity index (χ4n) is 7.35. The first-order valence-corrected chi connectivity index (χ1v) is 15.1. The van der Waals surface area contributed by atoms with Crippen LogP contribution in [0.2, 0.25) is 0 Å². The van der Waals surface area contributed by atoms with Crippen LogP contribution in [0.25, 0.3) is 0 Å². The molecule has 0 amide bonds. The zero-order chi connectivity index (χ0) is 31.0. The van der Waals surface area contributed by atoms with Gasteiger partial charge in [-0.05, 0) is 67.2 Å². The zero-order valence-corrected chi connectivity index (χ0v) is 27.6. The second kappa shape index (κ2) is 13.0. The summed E-state index contributed by atoms with van der Waals surface area (Å²) in [6, 6.07) is 0. The van der Waals surface area contributed by atoms with Crippen molar-refractivity contribution in [2.45, 2.75) is 142 Å². The molecule has 3 fully saturated rings. The predicted octanol–water partition coefficient (Wildman–Crippen LogP) is 5.05. The van der Waals surface area contributed by atoms with E-state index in [9.17, 15) is 4.79 Å². The summed E-state index contributed by atoms with van der Waals surface area (Å²) in [4.78, 5) is 13.9. The summed E-state index contributed by atoms with van der Waals surface area (Å²) in [6.07, 6.45) is -1.06. The van der Waals surface area contributed by atoms with Crippen LogP contribution in [0.3, 0.4) is 0 Å². The van der Waals surface area contributed by atoms with Crippen LogP contribution >= 0.6 is 0 Å². The van der Waals surface area contributed by atoms with E-state index in [2.05, 4.69) is 27.7 Å². The molecule has 0 spiro atoms. The summed E-state index contributed by atoms with van der Waals surface area (Å²) in [5.74, 6) is -3.12. The highest BCUT2D eigenvalue weighted by molar-refractivity contribution is 5.73. The monoisotopic (exact) mass is 588 g/mol. The Hall–Kier alpha value is -0.850. The van der Waals surface area contributed by atoms with Gasteiger partial charge in [-0.2, -0.15) is 0 Å². The number of carbonyl (C=O) groups excluding carboxylic acids is 1. The molecule has 3 saturated heterocycles. The molecule has 0 N–H and O–H groups in total. The zero-order valence-electron chi connectivity index (χ0n) is 27.6. The van der Waals surface area contributed by atoms with Crippen LogP contribution in [-0.4, -0.2) is 87.1 Å². The van der Waals surface area contributed by atoms with Crippen molar-refractivity contribution < 1.29 is 47.4 Å². The Kier molecular flexibility index (Phi) is 11.0. The fraction of sp³-hybridized carbons (Fsp3) is 0.968. The van der Waals surface area contributed by atoms with Gasteiger partial charge in [0.25, 0.3) is 0 Å². The van der Waals surface area contributed by atoms with Crippen LogP contribution in [0.15, 0.2) is 0 Å². The van der Waals surface area contributed by atoms with Crippen LogP contribution in [0.1, 0.15) is 89.0 Å². The number of methoxy groups -OCH3 is 2. The maximum absolute atomic E-state index is 13.9. The average Bonchev–Trinajstić information content (AvgIpc) is 2.90. The first kappa shape index (κ1) is 34.6. The van der Waals surface area contributed by atoms with E-state index >= 15 is 0 Å². The van der Waals surface area contributed by atoms with Crippen molar-refractivity contribution in [3.8, 4) is 0 Å². The number of carbonyl (C=O) groups is 1. The van der Waals surface area contributed by atoms with Crippen molar-refractivity contribution in [1.82, 2.24) is 0 Å². The highest BCUT2D eigenvalue weighted by Crippen LogP contribution is 2.47. The van der Waals surface area contributed by atoms with Crippen molar-refractivity contribution in [3.05, 3.63) is 0 Å². The van der Waals surface area contributed by atoms with E-state index in [4.69, 9.17) is 42.6 Å². The Morgan fingerprint density at radius 2 is 1.27 bits per heavy atom. The molecule has 3 aliphatic heterocycles. The molecule has 0 aromatic heterocycles. The lowest BCUT2D eigenvalue weighted by Gasteiger charge is -2.56. The molecule has 0 radical (unpaired) electrons. The van der Waals surface area contributed by atoms with Gasteiger partial charge in [-0.15, -0.1) is 0 Å². The Labute approximate surface area is 247 Å². The van der Waals surface area contributed by atoms with E-state index in [1.807, 2.05) is 48.5 Å². The van der Waals surface area contributed by atoms with Gasteiger partial charge in [0.1, 0.15) is 25.3 Å². The Morgan fingerprint density at radius 3 is 1.83 bits per heavy atom. The molecule has 0 aliphatic carbocycles. The summed E-state index contributed by atoms with van der Waals surface area (Å²) < 4.78 is 56.2. The van der Waals surface area contributed by atoms with Crippen LogP contribution in [0.4, 0.5) is 0 Å². The van der Waals surface area contributed by atoms with Crippen molar-refractivity contribution in [2.24, 2.45) is 23.7 Å². The van der Waals surface area contributed by atoms with E-state index in [-0.39, 0.29) is 43.4 Å². The van der Waals surface area contributed by atoms with E-state index in [0.717, 1.165) is 0 Å². The third-order valence-corrected chi connectivity index (χ3v) is 9.24. The normalized spacial score (nSPS) is 45.0. The van der Waals surface area contributed by atoms with Gasteiger partial charge in [0.15, 0.2) is 11.6 Å². The molecule has 11 atom stereocenters. The standard InChI is InChI=1S/C31H56O10/c1-14-22-31(11,36-17-34-13)26-19(3)23(38-28(6,7)41-26)18(2)15-30(10,35-16-33-12)25-20(4)24(21(5)27(32)37-22)39-29(8,9)40-25/h18-26H,14-17H2,1-13H3/t18-,19+,20+,21-,22-,23?,24+,25-,26-,30-,31-/m1/s1. The molecule has 3 rings (SSSR count). The predicted molar refractivity (Wildman–Crippen MR) is 152 cm³/mol. The lowest BCUT2D eigenvalue weighted by Crippen LogP contribution is -2.66. The number of esters is 1. The minimum absolute atomic E-state index is 0.0207. The molecule has 10 nitrogen and oxygen atoms in total. The fourth-order valence-corrected chi connectivity index (χ4v) is 7.35. The van der Waals surface area contributed by atoms with Crippen LogP contribution < -0.4 is 0 Å². The second-order valence-corrected chi connectivity index (χ2v) is 13.7. The topological polar surface area (TPSA) is 100 Å². The van der Waals surface area contributed by atoms with E-state index in [1.165, 1.54) is 0 Å². The summed E-state index contributed by atoms with van der Waals surface area (Å²) in [5.41, 5.74) is -1.81. The highest BCUT2D eigenvalue weighted by atomic mass is 16.7. The Morgan fingerprint density at radius 1 is 0.756 bits per heavy atom. The van der Waals surface area contributed by atoms with Crippen molar-refractivity contribution in [2.75, 3.05) is 27.8 Å². The van der Waals surface area contributed by atoms with Gasteiger partial charge in [-0.3, -0.25) is 4.79 Å². The van der Waals surface area contributed by atoms with Gasteiger partial charge < -0.3 is 42.6 Å². The number of hydrogen-bond donors (Lipinski definition) is 0. The molecule has 0 aromatic rings. The summed E-state index contributed by atoms with van der Waals surface area (Å²) in [7, 11) is 3.18. The molecule has 3 aliphatic rings. The van der Waals surface area contributed by atoms with Gasteiger partial charge in [0, 0.05) is 26.1 Å². The van der Waals surface area contributed by atoms with Crippen LogP contribution in [0, 0.1) is 23.7 Å². The second-order valence-electron chi connectivity index (χ2n) is 13.7. The molecular weight excluding hydrogens is 532 g/mol. The molecule has 41 heavy (non-hydrogen) atoms. The summed E-state index contributed by atoms with van der Waals surface area (Å²) >= 11 is 0. The smallest absolute Gasteiger partial charge is 0.311 e. The van der Waals surface area contributed by atoms with E-state index < -0.39 is 53.1 Å². The molecule has 4 bridgehead atoms. The molecular formula is C31H56O10. The number of ether oxygens (including phenoxy) is 9. The third-order valence-electron chi connectivity index (χ3n) is 9.24. The maximum Gasteiger partial charge on any atom is 0.311 e. The first-order chi connectivity index (χ1) is 18.9. The molecule has 240 valence electrons. The third kappa shape index (κ3) is 7.28. The van der Waals surface area contributed by atoms with E-state index in [1.54, 1.807) is 14.2 Å². The molecule has 0 saturated carbocycles. The Bertz CT molecular complexity index is 879. The van der Waals surface area contributed by atoms with E-state index in [0.29, 0.717) is 12.8 Å². The minimum atomic E-state index is -1.03. The first-order valence-electron chi connectivity index (χ1n) is 15.1. The van der Waals surface area contributed by atoms with Gasteiger partial charge in [-0.1, -0.05) is 27.7 Å². The highest BCUT2D eigenvalue weighted by Gasteiger charge is 2.58. The summed E-state index contributed by atoms with van der Waals surface area (Å²) in [5, 5.41) is 0. The number of cyclic esters (lactones) is 1. The number of fused-ring (bicyclic) bond motifs is 4. The molecule has 3 heterocycles. The van der Waals surface area contributed by atoms with Crippen molar-refractivity contribution in [3.63, 3.8) is 0 Å². The maximum atomic E-state index is 13.9. The van der Waals surface area contributed by atoms with Gasteiger partial charge in [0.05, 0.1) is 35.9 Å².